The number of hydrogen-bond donors (Lipinski definition) is 1. The number of aliphatic hydroxyl groups is 1. The van der Waals surface area contributed by atoms with Crippen LogP contribution in [0.2, 0.25) is 18.1 Å². The molecule has 0 aliphatic heterocycles. The minimum Gasteiger partial charge on any atom is -0.413 e. The molecule has 0 unspecified atom stereocenters. The van der Waals surface area contributed by atoms with Crippen LogP contribution < -0.4 is 0 Å². The van der Waals surface area contributed by atoms with Gasteiger partial charge in [-0.05, 0) is 36.7 Å². The first-order chi connectivity index (χ1) is 12.3. The van der Waals surface area contributed by atoms with Gasteiger partial charge in [-0.2, -0.15) is 0 Å². The summed E-state index contributed by atoms with van der Waals surface area (Å²) in [6, 6.07) is 8.44. The molecular formula is C21H34O4SSi. The van der Waals surface area contributed by atoms with Gasteiger partial charge in [-0.15, -0.1) is 0 Å². The van der Waals surface area contributed by atoms with Crippen molar-refractivity contribution in [3.05, 3.63) is 41.3 Å². The molecule has 0 spiro atoms. The molecule has 0 amide bonds. The Morgan fingerprint density at radius 3 is 2.19 bits per heavy atom. The lowest BCUT2D eigenvalue weighted by atomic mass is 9.91. The molecule has 4 nitrogen and oxygen atoms in total. The van der Waals surface area contributed by atoms with E-state index in [2.05, 4.69) is 33.9 Å². The first kappa shape index (κ1) is 22.3. The van der Waals surface area contributed by atoms with Crippen LogP contribution in [0.1, 0.15) is 41.0 Å². The van der Waals surface area contributed by atoms with Crippen molar-refractivity contribution in [2.75, 3.05) is 0 Å². The first-order valence-electron chi connectivity index (χ1n) is 9.65. The molecule has 1 N–H and O–H groups in total. The van der Waals surface area contributed by atoms with E-state index in [-0.39, 0.29) is 22.0 Å². The van der Waals surface area contributed by atoms with E-state index < -0.39 is 30.2 Å². The van der Waals surface area contributed by atoms with Crippen LogP contribution in [0.3, 0.4) is 0 Å². The lowest BCUT2D eigenvalue weighted by Gasteiger charge is -2.41. The third-order valence-electron chi connectivity index (χ3n) is 6.25. The van der Waals surface area contributed by atoms with E-state index >= 15 is 0 Å². The van der Waals surface area contributed by atoms with Gasteiger partial charge in [0.15, 0.2) is 8.32 Å². The maximum absolute atomic E-state index is 13.1. The molecule has 0 heterocycles. The van der Waals surface area contributed by atoms with Gasteiger partial charge in [0.2, 0.25) is 9.84 Å². The molecule has 27 heavy (non-hydrogen) atoms. The Labute approximate surface area is 165 Å². The van der Waals surface area contributed by atoms with Crippen molar-refractivity contribution in [2.45, 2.75) is 76.3 Å². The topological polar surface area (TPSA) is 63.6 Å². The summed E-state index contributed by atoms with van der Waals surface area (Å²) < 4.78 is 32.8. The van der Waals surface area contributed by atoms with E-state index in [0.717, 1.165) is 0 Å². The molecule has 0 saturated carbocycles. The number of rotatable bonds is 4. The predicted octanol–water partition coefficient (Wildman–Crippen LogP) is 4.77. The standard InChI is InChI=1S/C21H34O4SSi/c1-15-18(25-27(6,7)21(3,4)5)13-14-19(16(2)20(15)22)26(23,24)17-11-9-8-10-12-17/h8-12,14-16,18,20,22H,13H2,1-7H3/t15-,16-,18-,20-/m1/s1. The molecule has 6 heteroatoms. The van der Waals surface area contributed by atoms with Gasteiger partial charge in [0, 0.05) is 11.8 Å². The Bertz CT molecular complexity index is 778. The summed E-state index contributed by atoms with van der Waals surface area (Å²) in [4.78, 5) is 0.570. The molecule has 2 rings (SSSR count). The molecule has 1 aliphatic carbocycles. The lowest BCUT2D eigenvalue weighted by Crippen LogP contribution is -2.47. The van der Waals surface area contributed by atoms with Gasteiger partial charge in [-0.3, -0.25) is 0 Å². The highest BCUT2D eigenvalue weighted by Gasteiger charge is 2.43. The van der Waals surface area contributed by atoms with Crippen LogP contribution in [0.4, 0.5) is 0 Å². The third-order valence-corrected chi connectivity index (χ3v) is 12.8. The van der Waals surface area contributed by atoms with Gasteiger partial charge in [0.25, 0.3) is 0 Å². The van der Waals surface area contributed by atoms with Crippen molar-refractivity contribution in [3.8, 4) is 0 Å². The fourth-order valence-corrected chi connectivity index (χ4v) is 6.43. The molecule has 1 aliphatic rings. The van der Waals surface area contributed by atoms with Crippen molar-refractivity contribution in [1.29, 1.82) is 0 Å². The maximum atomic E-state index is 13.1. The zero-order valence-electron chi connectivity index (χ0n) is 17.6. The number of benzene rings is 1. The Morgan fingerprint density at radius 2 is 1.67 bits per heavy atom. The second-order valence-corrected chi connectivity index (χ2v) is 15.9. The van der Waals surface area contributed by atoms with E-state index in [0.29, 0.717) is 11.3 Å². The van der Waals surface area contributed by atoms with Crippen LogP contribution in [0.15, 0.2) is 46.2 Å². The summed E-state index contributed by atoms with van der Waals surface area (Å²) in [7, 11) is -5.66. The second kappa shape index (κ2) is 7.82. The lowest BCUT2D eigenvalue weighted by molar-refractivity contribution is 0.0149. The van der Waals surface area contributed by atoms with Gasteiger partial charge < -0.3 is 9.53 Å². The van der Waals surface area contributed by atoms with Crippen LogP contribution >= 0.6 is 0 Å². The average Bonchev–Trinajstić information content (AvgIpc) is 2.67. The highest BCUT2D eigenvalue weighted by atomic mass is 32.2. The summed E-state index contributed by atoms with van der Waals surface area (Å²) in [6.07, 6.45) is 1.31. The summed E-state index contributed by atoms with van der Waals surface area (Å²) in [5.74, 6) is -0.618. The van der Waals surface area contributed by atoms with Crippen molar-refractivity contribution in [2.24, 2.45) is 11.8 Å². The normalized spacial score (nSPS) is 27.8. The third kappa shape index (κ3) is 4.55. The van der Waals surface area contributed by atoms with Gasteiger partial charge in [-0.25, -0.2) is 8.42 Å². The van der Waals surface area contributed by atoms with Crippen LogP contribution in [-0.4, -0.2) is 34.0 Å². The fourth-order valence-electron chi connectivity index (χ4n) is 3.28. The van der Waals surface area contributed by atoms with Crippen molar-refractivity contribution in [3.63, 3.8) is 0 Å². The van der Waals surface area contributed by atoms with Crippen LogP contribution in [0.5, 0.6) is 0 Å². The van der Waals surface area contributed by atoms with Crippen LogP contribution in [0.25, 0.3) is 0 Å². The van der Waals surface area contributed by atoms with Gasteiger partial charge in [0.1, 0.15) is 0 Å². The quantitative estimate of drug-likeness (QED) is 0.726. The number of aliphatic hydroxyl groups excluding tert-OH is 1. The highest BCUT2D eigenvalue weighted by molar-refractivity contribution is 7.95. The summed E-state index contributed by atoms with van der Waals surface area (Å²) in [6.45, 7) is 14.7. The molecule has 152 valence electrons. The zero-order valence-corrected chi connectivity index (χ0v) is 19.4. The largest absolute Gasteiger partial charge is 0.413 e. The minimum atomic E-state index is -3.63. The van der Waals surface area contributed by atoms with Crippen molar-refractivity contribution >= 4 is 18.2 Å². The molecule has 1 aromatic carbocycles. The Hall–Kier alpha value is -0.953. The first-order valence-corrected chi connectivity index (χ1v) is 14.0. The summed E-state index contributed by atoms with van der Waals surface area (Å²) >= 11 is 0. The Morgan fingerprint density at radius 1 is 1.11 bits per heavy atom. The van der Waals surface area contributed by atoms with Crippen molar-refractivity contribution < 1.29 is 18.0 Å². The number of sulfone groups is 1. The molecule has 4 atom stereocenters. The monoisotopic (exact) mass is 410 g/mol. The molecule has 1 aromatic rings. The fraction of sp³-hybridized carbons (Fsp3) is 0.619. The van der Waals surface area contributed by atoms with E-state index in [1.807, 2.05) is 6.92 Å². The molecule has 0 saturated heterocycles. The van der Waals surface area contributed by atoms with E-state index in [1.54, 1.807) is 43.3 Å². The predicted molar refractivity (Wildman–Crippen MR) is 113 cm³/mol. The van der Waals surface area contributed by atoms with Crippen molar-refractivity contribution in [1.82, 2.24) is 0 Å². The smallest absolute Gasteiger partial charge is 0.202 e. The molecule has 0 bridgehead atoms. The van der Waals surface area contributed by atoms with Gasteiger partial charge >= 0.3 is 0 Å². The minimum absolute atomic E-state index is 0.0538. The summed E-state index contributed by atoms with van der Waals surface area (Å²) in [5.41, 5.74) is 0. The Kier molecular flexibility index (Phi) is 6.47. The average molecular weight is 411 g/mol. The zero-order chi connectivity index (χ0) is 20.6. The Balaban J connectivity index is 2.39. The SMILES string of the molecule is C[C@H]1[C@@H](O)[C@H](C)C(S(=O)(=O)c2ccccc2)=CC[C@H]1O[Si](C)(C)C(C)(C)C. The maximum Gasteiger partial charge on any atom is 0.202 e. The van der Waals surface area contributed by atoms with E-state index in [9.17, 15) is 13.5 Å². The molecule has 0 aromatic heterocycles. The molecule has 0 radical (unpaired) electrons. The number of hydrogen-bond acceptors (Lipinski definition) is 4. The van der Waals surface area contributed by atoms with Crippen LogP contribution in [-0.2, 0) is 14.3 Å². The molecule has 0 fully saturated rings. The van der Waals surface area contributed by atoms with Gasteiger partial charge in [0.05, 0.1) is 22.0 Å². The molecular weight excluding hydrogens is 376 g/mol. The van der Waals surface area contributed by atoms with E-state index in [1.165, 1.54) is 0 Å². The van der Waals surface area contributed by atoms with E-state index in [4.69, 9.17) is 4.43 Å². The second-order valence-electron chi connectivity index (χ2n) is 9.21. The van der Waals surface area contributed by atoms with Crippen LogP contribution in [0, 0.1) is 11.8 Å². The highest BCUT2D eigenvalue weighted by Crippen LogP contribution is 2.41. The summed E-state index contributed by atoms with van der Waals surface area (Å²) in [5, 5.41) is 11.0. The van der Waals surface area contributed by atoms with Gasteiger partial charge in [-0.1, -0.05) is 58.9 Å².